The maximum Gasteiger partial charge on any atom is 0.292 e. The van der Waals surface area contributed by atoms with E-state index in [4.69, 9.17) is 5.73 Å². The van der Waals surface area contributed by atoms with Crippen molar-refractivity contribution in [2.24, 2.45) is 5.73 Å². The predicted molar refractivity (Wildman–Crippen MR) is 66.5 cm³/mol. The van der Waals surface area contributed by atoms with Gasteiger partial charge >= 0.3 is 0 Å². The second-order valence-corrected chi connectivity index (χ2v) is 4.19. The number of nitrogens with two attached hydrogens (primary N) is 1. The summed E-state index contributed by atoms with van der Waals surface area (Å²) in [5, 5.41) is 17.1. The molecule has 0 bridgehead atoms. The number of nitro benzene ring substituents is 1. The highest BCUT2D eigenvalue weighted by Gasteiger charge is 2.20. The summed E-state index contributed by atoms with van der Waals surface area (Å²) in [7, 11) is 0. The van der Waals surface area contributed by atoms with Crippen molar-refractivity contribution in [2.45, 2.75) is 12.5 Å². The van der Waals surface area contributed by atoms with Gasteiger partial charge in [0, 0.05) is 24.2 Å². The van der Waals surface area contributed by atoms with Crippen molar-refractivity contribution in [3.63, 3.8) is 0 Å². The molecule has 96 valence electrons. The third-order valence-electron chi connectivity index (χ3n) is 2.90. The van der Waals surface area contributed by atoms with Gasteiger partial charge in [0.05, 0.1) is 4.92 Å². The molecule has 1 saturated heterocycles. The van der Waals surface area contributed by atoms with Crippen molar-refractivity contribution < 1.29 is 9.72 Å². The monoisotopic (exact) mass is 250 g/mol. The Bertz CT molecular complexity index is 483. The van der Waals surface area contributed by atoms with Crippen molar-refractivity contribution in [3.05, 3.63) is 33.9 Å². The van der Waals surface area contributed by atoms with Crippen molar-refractivity contribution in [2.75, 3.05) is 18.4 Å². The Balaban J connectivity index is 2.30. The maximum absolute atomic E-state index is 11.1. The van der Waals surface area contributed by atoms with Gasteiger partial charge in [-0.05, 0) is 25.1 Å². The second kappa shape index (κ2) is 5.01. The third-order valence-corrected chi connectivity index (χ3v) is 2.90. The zero-order valence-corrected chi connectivity index (χ0v) is 9.68. The molecule has 0 aliphatic carbocycles. The Labute approximate surface area is 104 Å². The van der Waals surface area contributed by atoms with Crippen LogP contribution >= 0.6 is 0 Å². The number of hydrogen-bond donors (Lipinski definition) is 3. The molecule has 1 unspecified atom stereocenters. The number of primary amides is 1. The smallest absolute Gasteiger partial charge is 0.292 e. The molecule has 2 rings (SSSR count). The summed E-state index contributed by atoms with van der Waals surface area (Å²) in [5.41, 5.74) is 5.72. The Hall–Kier alpha value is -2.15. The molecule has 1 fully saturated rings. The van der Waals surface area contributed by atoms with E-state index >= 15 is 0 Å². The fraction of sp³-hybridized carbons (Fsp3) is 0.364. The van der Waals surface area contributed by atoms with Gasteiger partial charge in [0.15, 0.2) is 0 Å². The minimum atomic E-state index is -0.600. The molecule has 0 spiro atoms. The van der Waals surface area contributed by atoms with Crippen LogP contribution in [0, 0.1) is 10.1 Å². The van der Waals surface area contributed by atoms with Gasteiger partial charge in [-0.25, -0.2) is 0 Å². The molecule has 4 N–H and O–H groups in total. The highest BCUT2D eigenvalue weighted by atomic mass is 16.6. The highest BCUT2D eigenvalue weighted by Crippen LogP contribution is 2.26. The van der Waals surface area contributed by atoms with E-state index in [1.807, 2.05) is 0 Å². The standard InChI is InChI=1S/C11H14N4O3/c12-11(16)7-1-2-10(15(17)18)9(5-7)14-8-3-4-13-6-8/h1-2,5,8,13-14H,3-4,6H2,(H2,12,16). The van der Waals surface area contributed by atoms with Crippen LogP contribution in [-0.2, 0) is 0 Å². The molecule has 7 nitrogen and oxygen atoms in total. The number of nitrogens with one attached hydrogen (secondary N) is 2. The number of nitrogens with zero attached hydrogens (tertiary/aromatic N) is 1. The van der Waals surface area contributed by atoms with Gasteiger partial charge < -0.3 is 16.4 Å². The molecule has 18 heavy (non-hydrogen) atoms. The molecular formula is C11H14N4O3. The molecule has 1 aromatic rings. The van der Waals surface area contributed by atoms with E-state index in [2.05, 4.69) is 10.6 Å². The largest absolute Gasteiger partial charge is 0.375 e. The first kappa shape index (κ1) is 12.3. The molecule has 7 heteroatoms. The maximum atomic E-state index is 11.1. The van der Waals surface area contributed by atoms with Gasteiger partial charge in [-0.3, -0.25) is 14.9 Å². The number of hydrogen-bond acceptors (Lipinski definition) is 5. The Morgan fingerprint density at radius 1 is 1.56 bits per heavy atom. The van der Waals surface area contributed by atoms with E-state index in [1.54, 1.807) is 0 Å². The Morgan fingerprint density at radius 2 is 2.33 bits per heavy atom. The minimum absolute atomic E-state index is 0.0492. The molecule has 1 amide bonds. The zero-order valence-electron chi connectivity index (χ0n) is 9.68. The van der Waals surface area contributed by atoms with Crippen LogP contribution in [0.4, 0.5) is 11.4 Å². The Kier molecular flexibility index (Phi) is 3.42. The molecular weight excluding hydrogens is 236 g/mol. The van der Waals surface area contributed by atoms with Crippen LogP contribution in [0.1, 0.15) is 16.8 Å². The van der Waals surface area contributed by atoms with Gasteiger partial charge in [0.2, 0.25) is 5.91 Å². The van der Waals surface area contributed by atoms with Crippen LogP contribution < -0.4 is 16.4 Å². The lowest BCUT2D eigenvalue weighted by atomic mass is 10.1. The van der Waals surface area contributed by atoms with Crippen molar-refractivity contribution in [1.82, 2.24) is 5.32 Å². The Morgan fingerprint density at radius 3 is 2.89 bits per heavy atom. The van der Waals surface area contributed by atoms with E-state index in [1.165, 1.54) is 18.2 Å². The minimum Gasteiger partial charge on any atom is -0.375 e. The van der Waals surface area contributed by atoms with Gasteiger partial charge in [0.25, 0.3) is 5.69 Å². The van der Waals surface area contributed by atoms with Crippen LogP contribution in [0.3, 0.4) is 0 Å². The van der Waals surface area contributed by atoms with Crippen molar-refractivity contribution >= 4 is 17.3 Å². The normalized spacial score (nSPS) is 18.6. The lowest BCUT2D eigenvalue weighted by Crippen LogP contribution is -2.23. The average Bonchev–Trinajstić information content (AvgIpc) is 2.81. The molecule has 0 radical (unpaired) electrons. The summed E-state index contributed by atoms with van der Waals surface area (Å²) in [4.78, 5) is 21.5. The van der Waals surface area contributed by atoms with Gasteiger partial charge in [-0.15, -0.1) is 0 Å². The van der Waals surface area contributed by atoms with Crippen LogP contribution in [-0.4, -0.2) is 30.0 Å². The second-order valence-electron chi connectivity index (χ2n) is 4.19. The molecule has 1 aromatic carbocycles. The summed E-state index contributed by atoms with van der Waals surface area (Å²) < 4.78 is 0. The molecule has 0 aromatic heterocycles. The first-order chi connectivity index (χ1) is 8.58. The summed E-state index contributed by atoms with van der Waals surface area (Å²) in [6.45, 7) is 1.62. The van der Waals surface area contributed by atoms with Gasteiger partial charge in [-0.2, -0.15) is 0 Å². The molecule has 0 saturated carbocycles. The van der Waals surface area contributed by atoms with Crippen LogP contribution in [0.5, 0.6) is 0 Å². The number of carbonyl (C=O) groups is 1. The number of anilines is 1. The SMILES string of the molecule is NC(=O)c1ccc([N+](=O)[O-])c(NC2CCNC2)c1. The predicted octanol–water partition coefficient (Wildman–Crippen LogP) is 0.467. The van der Waals surface area contributed by atoms with Crippen molar-refractivity contribution in [3.8, 4) is 0 Å². The first-order valence-corrected chi connectivity index (χ1v) is 5.63. The lowest BCUT2D eigenvalue weighted by Gasteiger charge is -2.13. The molecule has 1 aliphatic heterocycles. The highest BCUT2D eigenvalue weighted by molar-refractivity contribution is 5.94. The summed E-state index contributed by atoms with van der Waals surface area (Å²) in [5.74, 6) is -0.600. The molecule has 1 aliphatic rings. The van der Waals surface area contributed by atoms with E-state index in [9.17, 15) is 14.9 Å². The van der Waals surface area contributed by atoms with Crippen LogP contribution in [0.2, 0.25) is 0 Å². The third kappa shape index (κ3) is 2.57. The topological polar surface area (TPSA) is 110 Å². The van der Waals surface area contributed by atoms with E-state index < -0.39 is 10.8 Å². The fourth-order valence-corrected chi connectivity index (χ4v) is 1.96. The number of rotatable bonds is 4. The van der Waals surface area contributed by atoms with E-state index in [0.29, 0.717) is 5.69 Å². The number of carbonyl (C=O) groups excluding carboxylic acids is 1. The quantitative estimate of drug-likeness (QED) is 0.531. The molecule has 1 heterocycles. The first-order valence-electron chi connectivity index (χ1n) is 5.63. The fourth-order valence-electron chi connectivity index (χ4n) is 1.96. The number of benzene rings is 1. The number of nitro groups is 1. The summed E-state index contributed by atoms with van der Waals surface area (Å²) in [6, 6.07) is 4.22. The van der Waals surface area contributed by atoms with Crippen LogP contribution in [0.25, 0.3) is 0 Å². The van der Waals surface area contributed by atoms with Crippen LogP contribution in [0.15, 0.2) is 18.2 Å². The molecule has 1 atom stereocenters. The van der Waals surface area contributed by atoms with Gasteiger partial charge in [-0.1, -0.05) is 0 Å². The summed E-state index contributed by atoms with van der Waals surface area (Å²) >= 11 is 0. The summed E-state index contributed by atoms with van der Waals surface area (Å²) in [6.07, 6.45) is 0.887. The van der Waals surface area contributed by atoms with E-state index in [0.717, 1.165) is 19.5 Å². The average molecular weight is 250 g/mol. The zero-order chi connectivity index (χ0) is 13.1. The van der Waals surface area contributed by atoms with Gasteiger partial charge in [0.1, 0.15) is 5.69 Å². The number of amides is 1. The van der Waals surface area contributed by atoms with Crippen molar-refractivity contribution in [1.29, 1.82) is 0 Å². The lowest BCUT2D eigenvalue weighted by molar-refractivity contribution is -0.384. The van der Waals surface area contributed by atoms with E-state index in [-0.39, 0.29) is 17.3 Å².